The minimum Gasteiger partial charge on any atom is -0.356 e. The molecule has 2 rings (SSSR count). The maximum atomic E-state index is 4.51. The lowest BCUT2D eigenvalue weighted by Gasteiger charge is -2.22. The van der Waals surface area contributed by atoms with Gasteiger partial charge in [0.25, 0.3) is 0 Å². The highest BCUT2D eigenvalue weighted by Crippen LogP contribution is 2.22. The number of aromatic nitrogens is 1. The quantitative estimate of drug-likeness (QED) is 0.789. The van der Waals surface area contributed by atoms with E-state index in [9.17, 15) is 0 Å². The van der Waals surface area contributed by atoms with Crippen LogP contribution >= 0.6 is 27.7 Å². The number of hydrogen-bond donors (Lipinski definition) is 0. The van der Waals surface area contributed by atoms with Gasteiger partial charge in [0.2, 0.25) is 0 Å². The number of rotatable bonds is 1. The molecule has 4 heteroatoms. The average Bonchev–Trinajstić information content (AvgIpc) is 2.46. The molecule has 1 aromatic rings. The van der Waals surface area contributed by atoms with Crippen molar-refractivity contribution in [3.8, 4) is 0 Å². The van der Waals surface area contributed by atoms with Crippen molar-refractivity contribution in [2.45, 2.75) is 13.3 Å². The minimum absolute atomic E-state index is 1.06. The summed E-state index contributed by atoms with van der Waals surface area (Å²) in [6.45, 7) is 4.40. The topological polar surface area (TPSA) is 16.1 Å². The van der Waals surface area contributed by atoms with Crippen LogP contribution in [0.25, 0.3) is 0 Å². The predicted molar refractivity (Wildman–Crippen MR) is 70.8 cm³/mol. The molecule has 0 amide bonds. The van der Waals surface area contributed by atoms with Gasteiger partial charge in [0.15, 0.2) is 0 Å². The van der Waals surface area contributed by atoms with E-state index in [-0.39, 0.29) is 0 Å². The lowest BCUT2D eigenvalue weighted by atomic mass is 10.2. The second-order valence-corrected chi connectivity index (χ2v) is 5.89. The molecule has 1 aliphatic rings. The highest BCUT2D eigenvalue weighted by Gasteiger charge is 2.13. The molecule has 0 atom stereocenters. The van der Waals surface area contributed by atoms with Crippen LogP contribution in [-0.2, 0) is 0 Å². The molecule has 0 aromatic carbocycles. The van der Waals surface area contributed by atoms with E-state index in [1.54, 1.807) is 0 Å². The summed E-state index contributed by atoms with van der Waals surface area (Å²) in [6.07, 6.45) is 3.15. The van der Waals surface area contributed by atoms with Crippen LogP contribution in [0, 0.1) is 6.92 Å². The van der Waals surface area contributed by atoms with Gasteiger partial charge in [-0.2, -0.15) is 11.8 Å². The SMILES string of the molecule is Cc1cc(Br)cnc1N1CCCSCC1. The normalized spacial score (nSPS) is 17.6. The van der Waals surface area contributed by atoms with E-state index in [2.05, 4.69) is 38.8 Å². The van der Waals surface area contributed by atoms with E-state index in [4.69, 9.17) is 0 Å². The number of thioether (sulfide) groups is 1. The fraction of sp³-hybridized carbons (Fsp3) is 0.545. The van der Waals surface area contributed by atoms with Gasteiger partial charge in [0.1, 0.15) is 5.82 Å². The predicted octanol–water partition coefficient (Wildman–Crippen LogP) is 3.10. The summed E-state index contributed by atoms with van der Waals surface area (Å²) in [6, 6.07) is 2.14. The first kappa shape index (κ1) is 11.3. The van der Waals surface area contributed by atoms with Crippen molar-refractivity contribution in [2.24, 2.45) is 0 Å². The highest BCUT2D eigenvalue weighted by molar-refractivity contribution is 9.10. The third kappa shape index (κ3) is 2.88. The summed E-state index contributed by atoms with van der Waals surface area (Å²) in [5.74, 6) is 3.66. The van der Waals surface area contributed by atoms with Gasteiger partial charge >= 0.3 is 0 Å². The third-order valence-electron chi connectivity index (χ3n) is 2.54. The van der Waals surface area contributed by atoms with Crippen molar-refractivity contribution in [3.63, 3.8) is 0 Å². The smallest absolute Gasteiger partial charge is 0.131 e. The summed E-state index contributed by atoms with van der Waals surface area (Å²) in [4.78, 5) is 6.92. The summed E-state index contributed by atoms with van der Waals surface area (Å²) in [5.41, 5.74) is 1.26. The third-order valence-corrected chi connectivity index (χ3v) is 4.02. The molecule has 1 fully saturated rings. The van der Waals surface area contributed by atoms with Crippen LogP contribution in [0.2, 0.25) is 0 Å². The van der Waals surface area contributed by atoms with Crippen LogP contribution in [0.1, 0.15) is 12.0 Å². The minimum atomic E-state index is 1.06. The van der Waals surface area contributed by atoms with Crippen LogP contribution in [-0.4, -0.2) is 29.6 Å². The molecule has 82 valence electrons. The Hall–Kier alpha value is -0.220. The first-order chi connectivity index (χ1) is 7.27. The number of nitrogens with zero attached hydrogens (tertiary/aromatic N) is 2. The molecule has 15 heavy (non-hydrogen) atoms. The largest absolute Gasteiger partial charge is 0.356 e. The number of halogens is 1. The molecular formula is C11H15BrN2S. The van der Waals surface area contributed by atoms with E-state index >= 15 is 0 Å². The first-order valence-electron chi connectivity index (χ1n) is 5.22. The monoisotopic (exact) mass is 286 g/mol. The molecule has 0 spiro atoms. The molecular weight excluding hydrogens is 272 g/mol. The fourth-order valence-corrected chi connectivity index (χ4v) is 3.15. The maximum Gasteiger partial charge on any atom is 0.131 e. The summed E-state index contributed by atoms with van der Waals surface area (Å²) >= 11 is 5.50. The number of pyridine rings is 1. The lowest BCUT2D eigenvalue weighted by molar-refractivity contribution is 0.797. The number of anilines is 1. The Kier molecular flexibility index (Phi) is 3.92. The molecule has 0 bridgehead atoms. The summed E-state index contributed by atoms with van der Waals surface area (Å²) in [7, 11) is 0. The molecule has 2 nitrogen and oxygen atoms in total. The molecule has 2 heterocycles. The number of hydrogen-bond acceptors (Lipinski definition) is 3. The average molecular weight is 287 g/mol. The molecule has 1 saturated heterocycles. The number of aryl methyl sites for hydroxylation is 1. The van der Waals surface area contributed by atoms with Crippen molar-refractivity contribution in [1.29, 1.82) is 0 Å². The zero-order valence-corrected chi connectivity index (χ0v) is 11.3. The Morgan fingerprint density at radius 1 is 1.40 bits per heavy atom. The lowest BCUT2D eigenvalue weighted by Crippen LogP contribution is -2.27. The van der Waals surface area contributed by atoms with E-state index < -0.39 is 0 Å². The summed E-state index contributed by atoms with van der Waals surface area (Å²) in [5, 5.41) is 0. The van der Waals surface area contributed by atoms with Crippen molar-refractivity contribution >= 4 is 33.5 Å². The zero-order valence-electron chi connectivity index (χ0n) is 8.87. The van der Waals surface area contributed by atoms with Crippen LogP contribution in [0.3, 0.4) is 0 Å². The van der Waals surface area contributed by atoms with Gasteiger partial charge in [-0.1, -0.05) is 0 Å². The van der Waals surface area contributed by atoms with Gasteiger partial charge < -0.3 is 4.90 Å². The molecule has 0 N–H and O–H groups in total. The van der Waals surface area contributed by atoms with Crippen molar-refractivity contribution < 1.29 is 0 Å². The van der Waals surface area contributed by atoms with Crippen molar-refractivity contribution in [3.05, 3.63) is 22.3 Å². The van der Waals surface area contributed by atoms with Crippen molar-refractivity contribution in [1.82, 2.24) is 4.98 Å². The van der Waals surface area contributed by atoms with Crippen LogP contribution in [0.15, 0.2) is 16.7 Å². The van der Waals surface area contributed by atoms with Crippen LogP contribution < -0.4 is 4.90 Å². The zero-order chi connectivity index (χ0) is 10.7. The van der Waals surface area contributed by atoms with E-state index in [1.165, 1.54) is 23.5 Å². The Bertz CT molecular complexity index is 335. The molecule has 0 radical (unpaired) electrons. The van der Waals surface area contributed by atoms with Gasteiger partial charge in [-0.25, -0.2) is 4.98 Å². The first-order valence-corrected chi connectivity index (χ1v) is 7.17. The molecule has 1 aromatic heterocycles. The highest BCUT2D eigenvalue weighted by atomic mass is 79.9. The fourth-order valence-electron chi connectivity index (χ4n) is 1.82. The Balaban J connectivity index is 2.19. The van der Waals surface area contributed by atoms with E-state index in [1.807, 2.05) is 18.0 Å². The van der Waals surface area contributed by atoms with E-state index in [0.29, 0.717) is 0 Å². The second kappa shape index (κ2) is 5.21. The van der Waals surface area contributed by atoms with Gasteiger partial charge in [-0.15, -0.1) is 0 Å². The van der Waals surface area contributed by atoms with E-state index in [0.717, 1.165) is 23.4 Å². The Morgan fingerprint density at radius 2 is 2.27 bits per heavy atom. The van der Waals surface area contributed by atoms with Crippen LogP contribution in [0.5, 0.6) is 0 Å². The molecule has 1 aliphatic heterocycles. The summed E-state index contributed by atoms with van der Waals surface area (Å²) < 4.78 is 1.06. The standard InChI is InChI=1S/C11H15BrN2S/c1-9-7-10(12)8-13-11(9)14-3-2-5-15-6-4-14/h7-8H,2-6H2,1H3. The van der Waals surface area contributed by atoms with Gasteiger partial charge in [-0.3, -0.25) is 0 Å². The molecule has 0 unspecified atom stereocenters. The Morgan fingerprint density at radius 3 is 3.07 bits per heavy atom. The molecule has 0 aliphatic carbocycles. The van der Waals surface area contributed by atoms with Crippen LogP contribution in [0.4, 0.5) is 5.82 Å². The van der Waals surface area contributed by atoms with Gasteiger partial charge in [-0.05, 0) is 46.7 Å². The van der Waals surface area contributed by atoms with Gasteiger partial charge in [0, 0.05) is 29.5 Å². The maximum absolute atomic E-state index is 4.51. The Labute approximate surface area is 104 Å². The molecule has 0 saturated carbocycles. The van der Waals surface area contributed by atoms with Gasteiger partial charge in [0.05, 0.1) is 0 Å². The van der Waals surface area contributed by atoms with Crippen molar-refractivity contribution in [2.75, 3.05) is 29.5 Å². The second-order valence-electron chi connectivity index (χ2n) is 3.75.